The lowest BCUT2D eigenvalue weighted by atomic mass is 9.92. The van der Waals surface area contributed by atoms with Gasteiger partial charge in [-0.15, -0.1) is 0 Å². The smallest absolute Gasteiger partial charge is 0.227 e. The molecule has 4 N–H and O–H groups in total. The van der Waals surface area contributed by atoms with E-state index < -0.39 is 0 Å². The minimum absolute atomic E-state index is 0.0912. The summed E-state index contributed by atoms with van der Waals surface area (Å²) in [6.07, 6.45) is 14.2. The lowest BCUT2D eigenvalue weighted by Crippen LogP contribution is -2.41. The van der Waals surface area contributed by atoms with Crippen LogP contribution in [0.25, 0.3) is 11.2 Å². The van der Waals surface area contributed by atoms with Crippen molar-refractivity contribution in [2.45, 2.75) is 95.3 Å². The van der Waals surface area contributed by atoms with E-state index in [0.29, 0.717) is 30.1 Å². The van der Waals surface area contributed by atoms with Crippen molar-refractivity contribution < 1.29 is 4.79 Å². The average molecular weight is 469 g/mol. The van der Waals surface area contributed by atoms with Gasteiger partial charge in [-0.3, -0.25) is 0 Å². The number of anilines is 2. The number of carbonyl (C=O) groups excluding carboxylic acids is 1. The Bertz CT molecular complexity index is 955. The molecule has 1 atom stereocenters. The predicted octanol–water partition coefficient (Wildman–Crippen LogP) is 3.33. The molecule has 2 aliphatic carbocycles. The highest BCUT2D eigenvalue weighted by Gasteiger charge is 2.26. The zero-order valence-corrected chi connectivity index (χ0v) is 20.5. The van der Waals surface area contributed by atoms with Gasteiger partial charge in [0.2, 0.25) is 5.95 Å². The number of piperidine rings is 1. The first-order valence-corrected chi connectivity index (χ1v) is 13.3. The molecule has 2 saturated carbocycles. The van der Waals surface area contributed by atoms with Crippen LogP contribution in [0.1, 0.15) is 77.2 Å². The van der Waals surface area contributed by atoms with E-state index in [2.05, 4.69) is 20.1 Å². The molecule has 34 heavy (non-hydrogen) atoms. The van der Waals surface area contributed by atoms with Gasteiger partial charge < -0.3 is 30.6 Å². The molecule has 2 aromatic rings. The molecule has 3 aliphatic rings. The fourth-order valence-corrected chi connectivity index (χ4v) is 5.88. The van der Waals surface area contributed by atoms with E-state index in [1.807, 2.05) is 13.3 Å². The van der Waals surface area contributed by atoms with Gasteiger partial charge in [-0.25, -0.2) is 4.98 Å². The normalized spacial score (nSPS) is 26.1. The molecule has 9 heteroatoms. The number of carbonyl (C=O) groups is 1. The Morgan fingerprint density at radius 2 is 1.74 bits per heavy atom. The monoisotopic (exact) mass is 468 g/mol. The number of nitrogens with zero attached hydrogens (tertiary/aromatic N) is 5. The number of nitrogens with one attached hydrogen (secondary N) is 2. The number of imidazole rings is 1. The highest BCUT2D eigenvalue weighted by Crippen LogP contribution is 2.33. The number of likely N-dealkylation sites (tertiary alicyclic amines) is 1. The molecule has 186 valence electrons. The second-order valence-electron chi connectivity index (χ2n) is 10.7. The van der Waals surface area contributed by atoms with Crippen molar-refractivity contribution in [1.82, 2.24) is 24.4 Å². The van der Waals surface area contributed by atoms with Crippen LogP contribution in [-0.2, 0) is 4.79 Å². The Hall–Kier alpha value is -2.26. The number of fused-ring (bicyclic) bond motifs is 1. The van der Waals surface area contributed by atoms with Gasteiger partial charge >= 0.3 is 0 Å². The number of rotatable bonds is 8. The molecule has 1 unspecified atom stereocenters. The molecule has 1 saturated heterocycles. The first-order valence-electron chi connectivity index (χ1n) is 13.3. The second-order valence-corrected chi connectivity index (χ2v) is 10.7. The Kier molecular flexibility index (Phi) is 7.29. The quantitative estimate of drug-likeness (QED) is 0.506. The summed E-state index contributed by atoms with van der Waals surface area (Å²) in [6.45, 7) is 4.82. The molecular formula is C25H40N8O. The highest BCUT2D eigenvalue weighted by atomic mass is 16.1. The van der Waals surface area contributed by atoms with Crippen LogP contribution in [0.3, 0.4) is 0 Å². The van der Waals surface area contributed by atoms with Crippen molar-refractivity contribution in [3.05, 3.63) is 6.33 Å². The first-order chi connectivity index (χ1) is 16.6. The fraction of sp³-hybridized carbons (Fsp3) is 0.760. The van der Waals surface area contributed by atoms with Gasteiger partial charge in [0.1, 0.15) is 6.29 Å². The predicted molar refractivity (Wildman–Crippen MR) is 135 cm³/mol. The maximum Gasteiger partial charge on any atom is 0.227 e. The maximum atomic E-state index is 11.0. The van der Waals surface area contributed by atoms with Crippen LogP contribution in [-0.4, -0.2) is 68.5 Å². The lowest BCUT2D eigenvalue weighted by Gasteiger charge is -2.33. The number of hydrogen-bond acceptors (Lipinski definition) is 8. The van der Waals surface area contributed by atoms with E-state index in [-0.39, 0.29) is 5.92 Å². The summed E-state index contributed by atoms with van der Waals surface area (Å²) in [4.78, 5) is 28.1. The van der Waals surface area contributed by atoms with Crippen LogP contribution in [0.15, 0.2) is 6.33 Å². The zero-order chi connectivity index (χ0) is 23.5. The standard InChI is InChI=1S/C25H40N8O/c1-17(15-34)14-32-12-10-20(11-13-32)28-23-22-24(33(16-27-22)21-4-2-3-5-21)31-25(30-23)29-19-8-6-18(26)7-9-19/h15-21H,2-14,26H2,1H3,(H2,28,29,30,31). The Balaban J connectivity index is 1.35. The lowest BCUT2D eigenvalue weighted by molar-refractivity contribution is -0.111. The fourth-order valence-electron chi connectivity index (χ4n) is 5.88. The summed E-state index contributed by atoms with van der Waals surface area (Å²) >= 11 is 0. The second kappa shape index (κ2) is 10.6. The Labute approximate surface area is 202 Å². The highest BCUT2D eigenvalue weighted by molar-refractivity contribution is 5.84. The van der Waals surface area contributed by atoms with Crippen LogP contribution >= 0.6 is 0 Å². The Morgan fingerprint density at radius 3 is 2.44 bits per heavy atom. The SMILES string of the molecule is CC(C=O)CN1CCC(Nc2nc(NC3CCC(N)CC3)nc3c2ncn3C2CCCC2)CC1. The van der Waals surface area contributed by atoms with Gasteiger partial charge in [0.25, 0.3) is 0 Å². The van der Waals surface area contributed by atoms with E-state index in [1.165, 1.54) is 25.7 Å². The average Bonchev–Trinajstić information content (AvgIpc) is 3.52. The molecule has 5 rings (SSSR count). The molecule has 9 nitrogen and oxygen atoms in total. The number of hydrogen-bond donors (Lipinski definition) is 3. The zero-order valence-electron chi connectivity index (χ0n) is 20.5. The van der Waals surface area contributed by atoms with Crippen LogP contribution in [0.2, 0.25) is 0 Å². The van der Waals surface area contributed by atoms with E-state index in [0.717, 1.165) is 81.4 Å². The van der Waals surface area contributed by atoms with Gasteiger partial charge in [-0.1, -0.05) is 19.8 Å². The largest absolute Gasteiger partial charge is 0.365 e. The summed E-state index contributed by atoms with van der Waals surface area (Å²) in [5, 5.41) is 7.33. The molecule has 0 bridgehead atoms. The van der Waals surface area contributed by atoms with Crippen molar-refractivity contribution >= 4 is 29.2 Å². The molecule has 2 aromatic heterocycles. The third-order valence-corrected chi connectivity index (χ3v) is 7.95. The van der Waals surface area contributed by atoms with Gasteiger partial charge in [0.05, 0.1) is 6.33 Å². The molecular weight excluding hydrogens is 428 g/mol. The van der Waals surface area contributed by atoms with Crippen LogP contribution in [0, 0.1) is 5.92 Å². The van der Waals surface area contributed by atoms with Crippen molar-refractivity contribution in [3.8, 4) is 0 Å². The number of aromatic nitrogens is 4. The van der Waals surface area contributed by atoms with E-state index in [4.69, 9.17) is 20.7 Å². The third kappa shape index (κ3) is 5.35. The van der Waals surface area contributed by atoms with Crippen molar-refractivity contribution in [2.24, 2.45) is 11.7 Å². The third-order valence-electron chi connectivity index (χ3n) is 7.95. The molecule has 3 heterocycles. The van der Waals surface area contributed by atoms with Crippen LogP contribution in [0.4, 0.5) is 11.8 Å². The van der Waals surface area contributed by atoms with E-state index in [1.54, 1.807) is 0 Å². The van der Waals surface area contributed by atoms with E-state index in [9.17, 15) is 4.79 Å². The molecule has 1 aliphatic heterocycles. The number of nitrogens with two attached hydrogens (primary N) is 1. The van der Waals surface area contributed by atoms with Crippen molar-refractivity contribution in [3.63, 3.8) is 0 Å². The van der Waals surface area contributed by atoms with E-state index >= 15 is 0 Å². The van der Waals surface area contributed by atoms with Crippen LogP contribution < -0.4 is 16.4 Å². The van der Waals surface area contributed by atoms with Gasteiger partial charge in [0.15, 0.2) is 17.0 Å². The molecule has 0 aromatic carbocycles. The maximum absolute atomic E-state index is 11.0. The van der Waals surface area contributed by atoms with Crippen molar-refractivity contribution in [1.29, 1.82) is 0 Å². The molecule has 0 spiro atoms. The van der Waals surface area contributed by atoms with Crippen LogP contribution in [0.5, 0.6) is 0 Å². The summed E-state index contributed by atoms with van der Waals surface area (Å²) in [7, 11) is 0. The summed E-state index contributed by atoms with van der Waals surface area (Å²) < 4.78 is 2.28. The summed E-state index contributed by atoms with van der Waals surface area (Å²) in [5.74, 6) is 1.64. The topological polar surface area (TPSA) is 114 Å². The van der Waals surface area contributed by atoms with Gasteiger partial charge in [-0.05, 0) is 51.4 Å². The molecule has 3 fully saturated rings. The Morgan fingerprint density at radius 1 is 1.03 bits per heavy atom. The van der Waals surface area contributed by atoms with Gasteiger partial charge in [-0.2, -0.15) is 9.97 Å². The minimum atomic E-state index is 0.0912. The first kappa shape index (κ1) is 23.5. The molecule has 0 amide bonds. The van der Waals surface area contributed by atoms with Crippen molar-refractivity contribution in [2.75, 3.05) is 30.3 Å². The minimum Gasteiger partial charge on any atom is -0.365 e. The summed E-state index contributed by atoms with van der Waals surface area (Å²) in [6, 6.07) is 1.52. The number of aldehydes is 1. The van der Waals surface area contributed by atoms with Gasteiger partial charge in [0, 0.05) is 49.7 Å². The molecule has 0 radical (unpaired) electrons. The summed E-state index contributed by atoms with van der Waals surface area (Å²) in [5.41, 5.74) is 7.93.